The lowest BCUT2D eigenvalue weighted by atomic mass is 10.2. The molecule has 128 valence electrons. The monoisotopic (exact) mass is 369 g/mol. The number of halogens is 1. The molecular formula is C15H16ClN3O4S. The van der Waals surface area contributed by atoms with E-state index in [0.29, 0.717) is 23.6 Å². The van der Waals surface area contributed by atoms with Crippen LogP contribution in [0, 0.1) is 6.92 Å². The summed E-state index contributed by atoms with van der Waals surface area (Å²) >= 11 is 5.89. The number of rotatable bonds is 4. The van der Waals surface area contributed by atoms with E-state index >= 15 is 0 Å². The highest BCUT2D eigenvalue weighted by atomic mass is 35.5. The maximum Gasteiger partial charge on any atom is 0.244 e. The Bertz CT molecular complexity index is 865. The first-order valence-electron chi connectivity index (χ1n) is 7.39. The number of hydrogen-bond acceptors (Lipinski definition) is 5. The standard InChI is InChI=1S/C15H16ClN3O4S/c1-10-8-14(18-23-10)17-15(20)13-6-3-7-19(13)24(21,22)12-5-2-4-11(16)9-12/h2,4-5,8-9,13H,3,6-7H2,1H3,(H,17,18,20)/t13-/m0/s1. The third-order valence-corrected chi connectivity index (χ3v) is 5.93. The fourth-order valence-electron chi connectivity index (χ4n) is 2.69. The molecule has 1 aliphatic rings. The molecule has 1 amide bonds. The Morgan fingerprint density at radius 1 is 1.42 bits per heavy atom. The van der Waals surface area contributed by atoms with Gasteiger partial charge in [0.15, 0.2) is 5.82 Å². The Kier molecular flexibility index (Phi) is 4.62. The Labute approximate surface area is 144 Å². The van der Waals surface area contributed by atoms with E-state index in [1.54, 1.807) is 25.1 Å². The highest BCUT2D eigenvalue weighted by Gasteiger charge is 2.39. The molecule has 0 spiro atoms. The molecule has 9 heteroatoms. The average molecular weight is 370 g/mol. The van der Waals surface area contributed by atoms with Crippen LogP contribution in [0.2, 0.25) is 5.02 Å². The summed E-state index contributed by atoms with van der Waals surface area (Å²) in [4.78, 5) is 12.5. The molecule has 3 rings (SSSR count). The van der Waals surface area contributed by atoms with Crippen LogP contribution in [0.15, 0.2) is 39.8 Å². The molecule has 2 aromatic rings. The molecule has 0 unspecified atom stereocenters. The summed E-state index contributed by atoms with van der Waals surface area (Å²) < 4.78 is 31.7. The molecule has 1 saturated heterocycles. The van der Waals surface area contributed by atoms with E-state index in [0.717, 1.165) is 0 Å². The number of hydrogen-bond donors (Lipinski definition) is 1. The van der Waals surface area contributed by atoms with E-state index in [2.05, 4.69) is 10.5 Å². The minimum Gasteiger partial charge on any atom is -0.360 e. The van der Waals surface area contributed by atoms with Gasteiger partial charge in [-0.3, -0.25) is 4.79 Å². The Balaban J connectivity index is 1.83. The van der Waals surface area contributed by atoms with E-state index in [9.17, 15) is 13.2 Å². The molecular weight excluding hydrogens is 354 g/mol. The van der Waals surface area contributed by atoms with Crippen molar-refractivity contribution in [1.29, 1.82) is 0 Å². The fourth-order valence-corrected chi connectivity index (χ4v) is 4.65. The zero-order chi connectivity index (χ0) is 17.3. The molecule has 0 radical (unpaired) electrons. The van der Waals surface area contributed by atoms with Gasteiger partial charge in [-0.05, 0) is 38.0 Å². The van der Waals surface area contributed by atoms with Gasteiger partial charge in [0.1, 0.15) is 11.8 Å². The predicted molar refractivity (Wildman–Crippen MR) is 88.2 cm³/mol. The van der Waals surface area contributed by atoms with Crippen molar-refractivity contribution in [3.8, 4) is 0 Å². The Morgan fingerprint density at radius 3 is 2.88 bits per heavy atom. The van der Waals surface area contributed by atoms with Crippen LogP contribution in [0.1, 0.15) is 18.6 Å². The van der Waals surface area contributed by atoms with Gasteiger partial charge in [0, 0.05) is 17.6 Å². The van der Waals surface area contributed by atoms with Crippen LogP contribution < -0.4 is 5.32 Å². The van der Waals surface area contributed by atoms with E-state index in [1.807, 2.05) is 0 Å². The van der Waals surface area contributed by atoms with Gasteiger partial charge in [-0.25, -0.2) is 8.42 Å². The van der Waals surface area contributed by atoms with Crippen LogP contribution in [-0.2, 0) is 14.8 Å². The molecule has 1 fully saturated rings. The van der Waals surface area contributed by atoms with Gasteiger partial charge in [-0.2, -0.15) is 4.31 Å². The quantitative estimate of drug-likeness (QED) is 0.893. The second kappa shape index (κ2) is 6.54. The number of nitrogens with zero attached hydrogens (tertiary/aromatic N) is 2. The lowest BCUT2D eigenvalue weighted by Gasteiger charge is -2.23. The second-order valence-corrected chi connectivity index (χ2v) is 7.87. The summed E-state index contributed by atoms with van der Waals surface area (Å²) in [5, 5.41) is 6.61. The summed E-state index contributed by atoms with van der Waals surface area (Å²) in [7, 11) is -3.80. The van der Waals surface area contributed by atoms with Gasteiger partial charge in [-0.1, -0.05) is 22.8 Å². The van der Waals surface area contributed by atoms with Crippen molar-refractivity contribution in [3.05, 3.63) is 41.1 Å². The molecule has 1 aliphatic heterocycles. The zero-order valence-electron chi connectivity index (χ0n) is 12.9. The summed E-state index contributed by atoms with van der Waals surface area (Å²) in [6, 6.07) is 6.80. The molecule has 7 nitrogen and oxygen atoms in total. The van der Waals surface area contributed by atoms with Crippen molar-refractivity contribution < 1.29 is 17.7 Å². The van der Waals surface area contributed by atoms with Crippen molar-refractivity contribution in [2.45, 2.75) is 30.7 Å². The number of anilines is 1. The first kappa shape index (κ1) is 16.9. The second-order valence-electron chi connectivity index (χ2n) is 5.54. The SMILES string of the molecule is Cc1cc(NC(=O)[C@@H]2CCCN2S(=O)(=O)c2cccc(Cl)c2)no1. The number of carbonyl (C=O) groups is 1. The molecule has 1 aromatic heterocycles. The van der Waals surface area contributed by atoms with Crippen LogP contribution in [0.5, 0.6) is 0 Å². The van der Waals surface area contributed by atoms with Crippen LogP contribution in [-0.4, -0.2) is 36.4 Å². The van der Waals surface area contributed by atoms with Crippen molar-refractivity contribution in [2.24, 2.45) is 0 Å². The normalized spacial score (nSPS) is 18.7. The van der Waals surface area contributed by atoms with Crippen LogP contribution in [0.4, 0.5) is 5.82 Å². The maximum absolute atomic E-state index is 12.8. The molecule has 1 atom stereocenters. The smallest absolute Gasteiger partial charge is 0.244 e. The number of nitrogens with one attached hydrogen (secondary N) is 1. The van der Waals surface area contributed by atoms with E-state index in [1.165, 1.54) is 16.4 Å². The first-order valence-corrected chi connectivity index (χ1v) is 9.21. The molecule has 0 aliphatic carbocycles. The number of aromatic nitrogens is 1. The number of benzene rings is 1. The van der Waals surface area contributed by atoms with Crippen molar-refractivity contribution in [2.75, 3.05) is 11.9 Å². The Morgan fingerprint density at radius 2 is 2.21 bits per heavy atom. The van der Waals surface area contributed by atoms with Gasteiger partial charge in [0.2, 0.25) is 15.9 Å². The highest BCUT2D eigenvalue weighted by Crippen LogP contribution is 2.28. The van der Waals surface area contributed by atoms with Gasteiger partial charge in [-0.15, -0.1) is 0 Å². The Hall–Kier alpha value is -1.90. The van der Waals surface area contributed by atoms with Crippen molar-refractivity contribution in [3.63, 3.8) is 0 Å². The largest absolute Gasteiger partial charge is 0.360 e. The van der Waals surface area contributed by atoms with Crippen molar-refractivity contribution >= 4 is 33.3 Å². The zero-order valence-corrected chi connectivity index (χ0v) is 14.5. The molecule has 1 aromatic carbocycles. The van der Waals surface area contributed by atoms with Crippen LogP contribution >= 0.6 is 11.6 Å². The van der Waals surface area contributed by atoms with Gasteiger partial charge in [0.25, 0.3) is 0 Å². The molecule has 0 bridgehead atoms. The van der Waals surface area contributed by atoms with Crippen LogP contribution in [0.25, 0.3) is 0 Å². The van der Waals surface area contributed by atoms with Gasteiger partial charge in [0.05, 0.1) is 4.90 Å². The van der Waals surface area contributed by atoms with Crippen molar-refractivity contribution in [1.82, 2.24) is 9.46 Å². The van der Waals surface area contributed by atoms with E-state index in [-0.39, 0.29) is 17.3 Å². The third-order valence-electron chi connectivity index (χ3n) is 3.79. The minimum absolute atomic E-state index is 0.0759. The van der Waals surface area contributed by atoms with E-state index < -0.39 is 22.0 Å². The number of sulfonamides is 1. The third kappa shape index (κ3) is 3.31. The lowest BCUT2D eigenvalue weighted by Crippen LogP contribution is -2.43. The lowest BCUT2D eigenvalue weighted by molar-refractivity contribution is -0.119. The summed E-state index contributed by atoms with van der Waals surface area (Å²) in [5.41, 5.74) is 0. The molecule has 0 saturated carbocycles. The van der Waals surface area contributed by atoms with Gasteiger partial charge >= 0.3 is 0 Å². The predicted octanol–water partition coefficient (Wildman–Crippen LogP) is 2.43. The van der Waals surface area contributed by atoms with Crippen LogP contribution in [0.3, 0.4) is 0 Å². The number of amides is 1. The summed E-state index contributed by atoms with van der Waals surface area (Å²) in [6.07, 6.45) is 1.05. The fraction of sp³-hybridized carbons (Fsp3) is 0.333. The molecule has 24 heavy (non-hydrogen) atoms. The molecule has 1 N–H and O–H groups in total. The first-order chi connectivity index (χ1) is 11.4. The minimum atomic E-state index is -3.80. The van der Waals surface area contributed by atoms with Gasteiger partial charge < -0.3 is 9.84 Å². The van der Waals surface area contributed by atoms with E-state index in [4.69, 9.17) is 16.1 Å². The maximum atomic E-state index is 12.8. The highest BCUT2D eigenvalue weighted by molar-refractivity contribution is 7.89. The average Bonchev–Trinajstić information content (AvgIpc) is 3.16. The topological polar surface area (TPSA) is 92.5 Å². The summed E-state index contributed by atoms with van der Waals surface area (Å²) in [5.74, 6) is 0.399. The summed E-state index contributed by atoms with van der Waals surface area (Å²) in [6.45, 7) is 1.99. The molecule has 2 heterocycles. The number of carbonyl (C=O) groups excluding carboxylic acids is 1. The number of aryl methyl sites for hydroxylation is 1.